The standard InChI is InChI=1S/C13H22N2/c1-12(13-8-5-4-6-9-13)14-10-7-11-15(2)3/h4-6,8-9,12,14H,7,10-11H2,1-3H3/p+2/t12-/m1/s1. The highest BCUT2D eigenvalue weighted by atomic mass is 15.1. The zero-order valence-electron chi connectivity index (χ0n) is 10.2. The molecule has 1 atom stereocenters. The second kappa shape index (κ2) is 6.59. The third-order valence-electron chi connectivity index (χ3n) is 2.73. The molecule has 15 heavy (non-hydrogen) atoms. The van der Waals surface area contributed by atoms with E-state index in [1.54, 1.807) is 0 Å². The van der Waals surface area contributed by atoms with E-state index in [-0.39, 0.29) is 0 Å². The molecule has 0 aliphatic carbocycles. The van der Waals surface area contributed by atoms with Crippen LogP contribution in [0.5, 0.6) is 0 Å². The Morgan fingerprint density at radius 3 is 2.47 bits per heavy atom. The van der Waals surface area contributed by atoms with Gasteiger partial charge in [-0.1, -0.05) is 30.3 Å². The molecule has 0 unspecified atom stereocenters. The van der Waals surface area contributed by atoms with Crippen LogP contribution in [0.1, 0.15) is 24.9 Å². The molecule has 0 fully saturated rings. The fraction of sp³-hybridized carbons (Fsp3) is 0.538. The maximum absolute atomic E-state index is 2.43. The van der Waals surface area contributed by atoms with E-state index in [1.165, 1.54) is 30.0 Å². The van der Waals surface area contributed by atoms with Crippen LogP contribution in [-0.4, -0.2) is 27.2 Å². The van der Waals surface area contributed by atoms with Crippen molar-refractivity contribution in [1.82, 2.24) is 0 Å². The minimum absolute atomic E-state index is 0.586. The van der Waals surface area contributed by atoms with Crippen molar-refractivity contribution >= 4 is 0 Å². The Hall–Kier alpha value is -0.860. The Kier molecular flexibility index (Phi) is 5.37. The summed E-state index contributed by atoms with van der Waals surface area (Å²) in [5.41, 5.74) is 1.43. The lowest BCUT2D eigenvalue weighted by Crippen LogP contribution is -3.06. The lowest BCUT2D eigenvalue weighted by molar-refractivity contribution is -0.860. The van der Waals surface area contributed by atoms with Crippen LogP contribution in [0.4, 0.5) is 0 Å². The summed E-state index contributed by atoms with van der Waals surface area (Å²) in [4.78, 5) is 1.54. The number of hydrogen-bond acceptors (Lipinski definition) is 0. The van der Waals surface area contributed by atoms with Gasteiger partial charge < -0.3 is 10.2 Å². The van der Waals surface area contributed by atoms with Gasteiger partial charge in [-0.25, -0.2) is 0 Å². The van der Waals surface area contributed by atoms with Crippen molar-refractivity contribution in [2.75, 3.05) is 27.2 Å². The van der Waals surface area contributed by atoms with Crippen LogP contribution in [-0.2, 0) is 0 Å². The summed E-state index contributed by atoms with van der Waals surface area (Å²) in [6, 6.07) is 11.3. The third-order valence-corrected chi connectivity index (χ3v) is 2.73. The predicted octanol–water partition coefficient (Wildman–Crippen LogP) is -0.154. The smallest absolute Gasteiger partial charge is 0.109 e. The van der Waals surface area contributed by atoms with E-state index < -0.39 is 0 Å². The Morgan fingerprint density at radius 1 is 1.20 bits per heavy atom. The minimum Gasteiger partial charge on any atom is -0.340 e. The number of nitrogens with two attached hydrogens (primary N) is 1. The first-order chi connectivity index (χ1) is 7.20. The first-order valence-corrected chi connectivity index (χ1v) is 5.87. The summed E-state index contributed by atoms with van der Waals surface area (Å²) in [5, 5.41) is 2.43. The number of rotatable bonds is 6. The van der Waals surface area contributed by atoms with E-state index in [4.69, 9.17) is 0 Å². The van der Waals surface area contributed by atoms with E-state index in [1.807, 2.05) is 0 Å². The molecule has 1 aromatic rings. The Morgan fingerprint density at radius 2 is 1.87 bits per heavy atom. The molecule has 0 saturated carbocycles. The number of nitrogens with one attached hydrogen (secondary N) is 1. The molecule has 2 nitrogen and oxygen atoms in total. The van der Waals surface area contributed by atoms with Crippen molar-refractivity contribution < 1.29 is 10.2 Å². The van der Waals surface area contributed by atoms with Gasteiger partial charge in [-0.3, -0.25) is 0 Å². The normalized spacial score (nSPS) is 13.1. The zero-order valence-corrected chi connectivity index (χ0v) is 10.2. The molecule has 84 valence electrons. The molecule has 0 bridgehead atoms. The number of hydrogen-bond donors (Lipinski definition) is 2. The molecule has 0 amide bonds. The third kappa shape index (κ3) is 4.96. The fourth-order valence-corrected chi connectivity index (χ4v) is 1.72. The van der Waals surface area contributed by atoms with E-state index in [9.17, 15) is 0 Å². The van der Waals surface area contributed by atoms with Gasteiger partial charge in [0, 0.05) is 12.0 Å². The average Bonchev–Trinajstić information content (AvgIpc) is 2.25. The first kappa shape index (κ1) is 12.2. The van der Waals surface area contributed by atoms with Crippen molar-refractivity contribution in [3.63, 3.8) is 0 Å². The van der Waals surface area contributed by atoms with Crippen LogP contribution >= 0.6 is 0 Å². The summed E-state index contributed by atoms with van der Waals surface area (Å²) in [7, 11) is 4.42. The lowest BCUT2D eigenvalue weighted by Gasteiger charge is -2.11. The highest BCUT2D eigenvalue weighted by Crippen LogP contribution is 2.05. The summed E-state index contributed by atoms with van der Waals surface area (Å²) < 4.78 is 0. The molecule has 0 heterocycles. The van der Waals surface area contributed by atoms with E-state index in [2.05, 4.69) is 56.7 Å². The molecular weight excluding hydrogens is 184 g/mol. The summed E-state index contributed by atoms with van der Waals surface area (Å²) in [6.07, 6.45) is 1.29. The Bertz CT molecular complexity index is 256. The van der Waals surface area contributed by atoms with Crippen molar-refractivity contribution in [2.45, 2.75) is 19.4 Å². The van der Waals surface area contributed by atoms with Gasteiger partial charge in [0.25, 0.3) is 0 Å². The van der Waals surface area contributed by atoms with Gasteiger partial charge in [0.05, 0.1) is 27.2 Å². The monoisotopic (exact) mass is 208 g/mol. The number of quaternary nitrogens is 2. The fourth-order valence-electron chi connectivity index (χ4n) is 1.72. The number of benzene rings is 1. The Balaban J connectivity index is 2.22. The summed E-state index contributed by atoms with van der Waals surface area (Å²) in [5.74, 6) is 0. The molecule has 0 spiro atoms. The van der Waals surface area contributed by atoms with Gasteiger partial charge in [0.1, 0.15) is 6.04 Å². The van der Waals surface area contributed by atoms with Crippen molar-refractivity contribution in [3.05, 3.63) is 35.9 Å². The predicted molar refractivity (Wildman–Crippen MR) is 63.9 cm³/mol. The van der Waals surface area contributed by atoms with Crippen LogP contribution in [0.3, 0.4) is 0 Å². The van der Waals surface area contributed by atoms with Crippen LogP contribution < -0.4 is 10.2 Å². The highest BCUT2D eigenvalue weighted by Gasteiger charge is 2.06. The van der Waals surface area contributed by atoms with Gasteiger partial charge in [0.15, 0.2) is 0 Å². The molecule has 0 saturated heterocycles. The molecule has 0 aliphatic heterocycles. The maximum atomic E-state index is 2.43. The van der Waals surface area contributed by atoms with E-state index in [0.717, 1.165) is 0 Å². The van der Waals surface area contributed by atoms with Gasteiger partial charge in [-0.15, -0.1) is 0 Å². The molecule has 0 aliphatic rings. The van der Waals surface area contributed by atoms with Crippen molar-refractivity contribution in [2.24, 2.45) is 0 Å². The van der Waals surface area contributed by atoms with Crippen LogP contribution in [0.25, 0.3) is 0 Å². The largest absolute Gasteiger partial charge is 0.340 e. The molecule has 0 radical (unpaired) electrons. The summed E-state index contributed by atoms with van der Waals surface area (Å²) >= 11 is 0. The second-order valence-corrected chi connectivity index (χ2v) is 4.53. The molecule has 2 heteroatoms. The van der Waals surface area contributed by atoms with Gasteiger partial charge in [0.2, 0.25) is 0 Å². The van der Waals surface area contributed by atoms with Crippen molar-refractivity contribution in [3.8, 4) is 0 Å². The first-order valence-electron chi connectivity index (χ1n) is 5.87. The van der Waals surface area contributed by atoms with Gasteiger partial charge in [-0.05, 0) is 6.92 Å². The van der Waals surface area contributed by atoms with Gasteiger partial charge in [-0.2, -0.15) is 0 Å². The molecule has 0 aromatic heterocycles. The minimum atomic E-state index is 0.586. The molecular formula is C13H24N2+2. The molecule has 1 rings (SSSR count). The summed E-state index contributed by atoms with van der Waals surface area (Å²) in [6.45, 7) is 4.76. The SMILES string of the molecule is C[C@@H]([NH2+]CCC[NH+](C)C)c1ccccc1. The average molecular weight is 208 g/mol. The quantitative estimate of drug-likeness (QED) is 0.607. The molecule has 1 aromatic carbocycles. The topological polar surface area (TPSA) is 21.1 Å². The highest BCUT2D eigenvalue weighted by molar-refractivity contribution is 5.16. The van der Waals surface area contributed by atoms with Crippen LogP contribution in [0, 0.1) is 0 Å². The zero-order chi connectivity index (χ0) is 11.1. The van der Waals surface area contributed by atoms with E-state index in [0.29, 0.717) is 6.04 Å². The van der Waals surface area contributed by atoms with Gasteiger partial charge >= 0.3 is 0 Å². The van der Waals surface area contributed by atoms with E-state index >= 15 is 0 Å². The van der Waals surface area contributed by atoms with Crippen molar-refractivity contribution in [1.29, 1.82) is 0 Å². The Labute approximate surface area is 93.3 Å². The van der Waals surface area contributed by atoms with Crippen LogP contribution in [0.2, 0.25) is 0 Å². The van der Waals surface area contributed by atoms with Crippen LogP contribution in [0.15, 0.2) is 30.3 Å². The maximum Gasteiger partial charge on any atom is 0.109 e. The second-order valence-electron chi connectivity index (χ2n) is 4.53. The molecule has 3 N–H and O–H groups in total. The lowest BCUT2D eigenvalue weighted by atomic mass is 10.1.